The van der Waals surface area contributed by atoms with Crippen molar-refractivity contribution in [3.63, 3.8) is 0 Å². The van der Waals surface area contributed by atoms with Crippen molar-refractivity contribution in [2.24, 2.45) is 5.73 Å². The van der Waals surface area contributed by atoms with Crippen molar-refractivity contribution in [1.82, 2.24) is 5.32 Å². The quantitative estimate of drug-likeness (QED) is 0.719. The number of nitrogens with two attached hydrogens (primary N) is 1. The summed E-state index contributed by atoms with van der Waals surface area (Å²) in [5.41, 5.74) is 5.86. The zero-order chi connectivity index (χ0) is 15.0. The largest absolute Gasteiger partial charge is 0.469 e. The lowest BCUT2D eigenvalue weighted by molar-refractivity contribution is -0.141. The van der Waals surface area contributed by atoms with E-state index in [9.17, 15) is 9.59 Å². The molecule has 0 radical (unpaired) electrons. The molecule has 0 spiro atoms. The Balaban J connectivity index is 2.60. The maximum atomic E-state index is 12.0. The van der Waals surface area contributed by atoms with E-state index >= 15 is 0 Å². The minimum atomic E-state index is -0.346. The van der Waals surface area contributed by atoms with Gasteiger partial charge in [0.1, 0.15) is 0 Å². The van der Waals surface area contributed by atoms with Gasteiger partial charge in [-0.2, -0.15) is 0 Å². The minimum absolute atomic E-state index is 0.131. The van der Waals surface area contributed by atoms with E-state index in [0.29, 0.717) is 0 Å². The summed E-state index contributed by atoms with van der Waals surface area (Å²) in [6.07, 6.45) is 2.17. The average Bonchev–Trinajstić information content (AvgIpc) is 2.91. The molecule has 1 aromatic heterocycles. The summed E-state index contributed by atoms with van der Waals surface area (Å²) < 4.78 is 4.67. The van der Waals surface area contributed by atoms with Gasteiger partial charge < -0.3 is 15.8 Å². The number of carbonyl (C=O) groups excluding carboxylic acids is 2. The molecule has 2 atom stereocenters. The standard InChI is InChI=1S/C14H22N2O3S/c1-3-5-10(15)8-13(17)16-11(9-14(18)19-2)12-6-4-7-20-12/h4,6-7,10-11H,3,5,8-9,15H2,1-2H3,(H,16,17). The smallest absolute Gasteiger partial charge is 0.307 e. The molecule has 1 aromatic rings. The van der Waals surface area contributed by atoms with Crippen LogP contribution in [0.3, 0.4) is 0 Å². The molecule has 6 heteroatoms. The third-order valence-electron chi connectivity index (χ3n) is 2.93. The molecule has 5 nitrogen and oxygen atoms in total. The van der Waals surface area contributed by atoms with E-state index in [4.69, 9.17) is 5.73 Å². The van der Waals surface area contributed by atoms with Crippen molar-refractivity contribution < 1.29 is 14.3 Å². The van der Waals surface area contributed by atoms with Crippen molar-refractivity contribution in [3.8, 4) is 0 Å². The Morgan fingerprint density at radius 3 is 2.75 bits per heavy atom. The molecule has 0 saturated heterocycles. The second-order valence-corrected chi connectivity index (χ2v) is 5.65. The summed E-state index contributed by atoms with van der Waals surface area (Å²) in [4.78, 5) is 24.3. The number of esters is 1. The average molecular weight is 298 g/mol. The third kappa shape index (κ3) is 5.71. The fraction of sp³-hybridized carbons (Fsp3) is 0.571. The SMILES string of the molecule is CCCC(N)CC(=O)NC(CC(=O)OC)c1cccs1. The van der Waals surface area contributed by atoms with Crippen molar-refractivity contribution in [2.45, 2.75) is 44.7 Å². The van der Waals surface area contributed by atoms with Gasteiger partial charge in [0.05, 0.1) is 19.6 Å². The van der Waals surface area contributed by atoms with Gasteiger partial charge in [0.15, 0.2) is 0 Å². The van der Waals surface area contributed by atoms with Crippen LogP contribution < -0.4 is 11.1 Å². The molecule has 1 heterocycles. The molecular weight excluding hydrogens is 276 g/mol. The molecule has 1 amide bonds. The van der Waals surface area contributed by atoms with E-state index in [2.05, 4.69) is 10.1 Å². The number of methoxy groups -OCH3 is 1. The van der Waals surface area contributed by atoms with E-state index in [0.717, 1.165) is 17.7 Å². The zero-order valence-electron chi connectivity index (χ0n) is 11.9. The fourth-order valence-corrected chi connectivity index (χ4v) is 2.70. The molecular formula is C14H22N2O3S. The van der Waals surface area contributed by atoms with Crippen LogP contribution in [0.25, 0.3) is 0 Å². The van der Waals surface area contributed by atoms with E-state index in [1.54, 1.807) is 0 Å². The topological polar surface area (TPSA) is 81.4 Å². The highest BCUT2D eigenvalue weighted by Gasteiger charge is 2.20. The van der Waals surface area contributed by atoms with Crippen molar-refractivity contribution in [3.05, 3.63) is 22.4 Å². The van der Waals surface area contributed by atoms with E-state index < -0.39 is 0 Å². The summed E-state index contributed by atoms with van der Waals surface area (Å²) in [6.45, 7) is 2.03. The Labute approximate surface area is 123 Å². The zero-order valence-corrected chi connectivity index (χ0v) is 12.7. The highest BCUT2D eigenvalue weighted by molar-refractivity contribution is 7.10. The molecule has 112 valence electrons. The second kappa shape index (κ2) is 8.71. The van der Waals surface area contributed by atoms with Gasteiger partial charge in [-0.1, -0.05) is 19.4 Å². The van der Waals surface area contributed by atoms with Crippen LogP contribution in [0.15, 0.2) is 17.5 Å². The molecule has 0 aliphatic heterocycles. The van der Waals surface area contributed by atoms with E-state index in [-0.39, 0.29) is 36.8 Å². The fourth-order valence-electron chi connectivity index (χ4n) is 1.93. The van der Waals surface area contributed by atoms with Gasteiger partial charge in [-0.15, -0.1) is 11.3 Å². The van der Waals surface area contributed by atoms with Gasteiger partial charge in [0.25, 0.3) is 0 Å². The Hall–Kier alpha value is -1.40. The Morgan fingerprint density at radius 2 is 2.20 bits per heavy atom. The molecule has 1 rings (SSSR count). The number of amides is 1. The number of nitrogens with one attached hydrogen (secondary N) is 1. The number of ether oxygens (including phenoxy) is 1. The highest BCUT2D eigenvalue weighted by atomic mass is 32.1. The molecule has 20 heavy (non-hydrogen) atoms. The lowest BCUT2D eigenvalue weighted by Gasteiger charge is -2.18. The predicted molar refractivity (Wildman–Crippen MR) is 79.3 cm³/mol. The first-order valence-corrected chi connectivity index (χ1v) is 7.60. The van der Waals surface area contributed by atoms with Crippen LogP contribution in [0.2, 0.25) is 0 Å². The summed E-state index contributed by atoms with van der Waals surface area (Å²) in [5.74, 6) is -0.477. The van der Waals surface area contributed by atoms with Gasteiger partial charge in [-0.3, -0.25) is 9.59 Å². The van der Waals surface area contributed by atoms with Crippen LogP contribution in [0, 0.1) is 0 Å². The normalized spacial score (nSPS) is 13.6. The number of hydrogen-bond donors (Lipinski definition) is 2. The van der Waals surface area contributed by atoms with Gasteiger partial charge in [0.2, 0.25) is 5.91 Å². The van der Waals surface area contributed by atoms with Crippen molar-refractivity contribution in [2.75, 3.05) is 7.11 Å². The van der Waals surface area contributed by atoms with Gasteiger partial charge >= 0.3 is 5.97 Å². The Morgan fingerprint density at radius 1 is 1.45 bits per heavy atom. The minimum Gasteiger partial charge on any atom is -0.469 e. The van der Waals surface area contributed by atoms with Crippen molar-refractivity contribution >= 4 is 23.2 Å². The van der Waals surface area contributed by atoms with Crippen LogP contribution in [0.4, 0.5) is 0 Å². The number of rotatable bonds is 8. The van der Waals surface area contributed by atoms with E-state index in [1.165, 1.54) is 18.4 Å². The van der Waals surface area contributed by atoms with E-state index in [1.807, 2.05) is 24.4 Å². The second-order valence-electron chi connectivity index (χ2n) is 4.67. The van der Waals surface area contributed by atoms with Crippen LogP contribution in [-0.2, 0) is 14.3 Å². The summed E-state index contributed by atoms with van der Waals surface area (Å²) in [5, 5.41) is 4.78. The molecule has 3 N–H and O–H groups in total. The molecule has 0 aliphatic rings. The number of hydrogen-bond acceptors (Lipinski definition) is 5. The first-order chi connectivity index (χ1) is 9.56. The first-order valence-electron chi connectivity index (χ1n) is 6.72. The summed E-state index contributed by atoms with van der Waals surface area (Å²) in [6, 6.07) is 3.30. The Kier molecular flexibility index (Phi) is 7.25. The summed E-state index contributed by atoms with van der Waals surface area (Å²) >= 11 is 1.50. The predicted octanol–water partition coefficient (Wildman–Crippen LogP) is 1.99. The highest BCUT2D eigenvalue weighted by Crippen LogP contribution is 2.22. The third-order valence-corrected chi connectivity index (χ3v) is 3.91. The van der Waals surface area contributed by atoms with Gasteiger partial charge in [-0.25, -0.2) is 0 Å². The van der Waals surface area contributed by atoms with Crippen LogP contribution in [0.1, 0.15) is 43.5 Å². The summed E-state index contributed by atoms with van der Waals surface area (Å²) in [7, 11) is 1.34. The number of carbonyl (C=O) groups is 2. The maximum absolute atomic E-state index is 12.0. The molecule has 0 aliphatic carbocycles. The molecule has 0 bridgehead atoms. The molecule has 0 fully saturated rings. The van der Waals surface area contributed by atoms with Crippen LogP contribution in [0.5, 0.6) is 0 Å². The molecule has 2 unspecified atom stereocenters. The molecule has 0 aromatic carbocycles. The lowest BCUT2D eigenvalue weighted by Crippen LogP contribution is -2.34. The van der Waals surface area contributed by atoms with Gasteiger partial charge in [-0.05, 0) is 17.9 Å². The Bertz CT molecular complexity index is 420. The van der Waals surface area contributed by atoms with Gasteiger partial charge in [0, 0.05) is 17.3 Å². The lowest BCUT2D eigenvalue weighted by atomic mass is 10.1. The monoisotopic (exact) mass is 298 g/mol. The van der Waals surface area contributed by atoms with Crippen molar-refractivity contribution in [1.29, 1.82) is 0 Å². The first kappa shape index (κ1) is 16.7. The molecule has 0 saturated carbocycles. The maximum Gasteiger partial charge on any atom is 0.307 e. The van der Waals surface area contributed by atoms with Crippen LogP contribution >= 0.6 is 11.3 Å². The van der Waals surface area contributed by atoms with Crippen LogP contribution in [-0.4, -0.2) is 25.0 Å². The number of thiophene rings is 1.